The van der Waals surface area contributed by atoms with Crippen LogP contribution in [0, 0.1) is 6.92 Å². The molecule has 0 aliphatic carbocycles. The number of hydrogen-bond donors (Lipinski definition) is 2. The molecule has 2 aromatic carbocycles. The van der Waals surface area contributed by atoms with Crippen LogP contribution < -0.4 is 5.32 Å². The first kappa shape index (κ1) is 15.5. The Hall–Kier alpha value is -1.84. The number of aliphatic hydroxyl groups excluding tert-OH is 1. The molecule has 1 atom stereocenters. The molecule has 0 heterocycles. The summed E-state index contributed by atoms with van der Waals surface area (Å²) in [7, 11) is 0. The fourth-order valence-corrected chi connectivity index (χ4v) is 2.40. The summed E-state index contributed by atoms with van der Waals surface area (Å²) >= 11 is 6.01. The number of amides is 1. The van der Waals surface area contributed by atoms with Gasteiger partial charge in [-0.3, -0.25) is 4.79 Å². The highest BCUT2D eigenvalue weighted by Gasteiger charge is 2.12. The minimum atomic E-state index is -0.805. The maximum absolute atomic E-state index is 11.9. The van der Waals surface area contributed by atoms with E-state index in [1.165, 1.54) is 0 Å². The maximum Gasteiger partial charge on any atom is 0.224 e. The zero-order valence-corrected chi connectivity index (χ0v) is 12.6. The molecule has 0 radical (unpaired) electrons. The molecule has 0 fully saturated rings. The first-order chi connectivity index (χ1) is 10.1. The van der Waals surface area contributed by atoms with E-state index < -0.39 is 6.10 Å². The summed E-state index contributed by atoms with van der Waals surface area (Å²) in [6.07, 6.45) is -0.503. The number of halogens is 1. The van der Waals surface area contributed by atoms with E-state index in [9.17, 15) is 9.90 Å². The topological polar surface area (TPSA) is 49.3 Å². The fraction of sp³-hybridized carbons (Fsp3) is 0.235. The van der Waals surface area contributed by atoms with Gasteiger partial charge in [0.05, 0.1) is 12.5 Å². The monoisotopic (exact) mass is 303 g/mol. The molecular weight excluding hydrogens is 286 g/mol. The van der Waals surface area contributed by atoms with Crippen molar-refractivity contribution in [2.75, 3.05) is 6.54 Å². The second-order valence-electron chi connectivity index (χ2n) is 5.01. The molecule has 0 aromatic heterocycles. The van der Waals surface area contributed by atoms with Crippen LogP contribution >= 0.6 is 11.6 Å². The Morgan fingerprint density at radius 1 is 1.24 bits per heavy atom. The Morgan fingerprint density at radius 2 is 2.00 bits per heavy atom. The first-order valence-electron chi connectivity index (χ1n) is 6.81. The lowest BCUT2D eigenvalue weighted by Crippen LogP contribution is -2.29. The highest BCUT2D eigenvalue weighted by Crippen LogP contribution is 2.21. The molecule has 2 aromatic rings. The van der Waals surface area contributed by atoms with Gasteiger partial charge in [-0.2, -0.15) is 0 Å². The lowest BCUT2D eigenvalue weighted by molar-refractivity contribution is -0.120. The van der Waals surface area contributed by atoms with E-state index in [2.05, 4.69) is 5.32 Å². The van der Waals surface area contributed by atoms with Gasteiger partial charge in [0.1, 0.15) is 0 Å². The Bertz CT molecular complexity index is 628. The summed E-state index contributed by atoms with van der Waals surface area (Å²) in [5, 5.41) is 13.3. The molecule has 3 nitrogen and oxygen atoms in total. The van der Waals surface area contributed by atoms with Crippen molar-refractivity contribution in [1.29, 1.82) is 0 Å². The normalized spacial score (nSPS) is 12.0. The van der Waals surface area contributed by atoms with Crippen molar-refractivity contribution in [3.8, 4) is 0 Å². The number of carbonyl (C=O) groups is 1. The van der Waals surface area contributed by atoms with E-state index >= 15 is 0 Å². The number of aryl methyl sites for hydroxylation is 1. The van der Waals surface area contributed by atoms with Crippen molar-refractivity contribution < 1.29 is 9.90 Å². The lowest BCUT2D eigenvalue weighted by atomic mass is 10.1. The molecule has 0 saturated carbocycles. The van der Waals surface area contributed by atoms with Crippen LogP contribution in [0.2, 0.25) is 5.02 Å². The molecular formula is C17H18ClNO2. The van der Waals surface area contributed by atoms with E-state index in [0.717, 1.165) is 11.1 Å². The highest BCUT2D eigenvalue weighted by molar-refractivity contribution is 6.31. The number of nitrogens with one attached hydrogen (secondary N) is 1. The summed E-state index contributed by atoms with van der Waals surface area (Å²) in [5.74, 6) is -0.119. The van der Waals surface area contributed by atoms with Crippen molar-refractivity contribution in [3.05, 3.63) is 70.2 Å². The van der Waals surface area contributed by atoms with Crippen molar-refractivity contribution in [1.82, 2.24) is 5.32 Å². The molecule has 0 aliphatic heterocycles. The molecule has 0 spiro atoms. The smallest absolute Gasteiger partial charge is 0.224 e. The minimum Gasteiger partial charge on any atom is -0.387 e. The third-order valence-electron chi connectivity index (χ3n) is 3.20. The molecule has 4 heteroatoms. The average Bonchev–Trinajstić information content (AvgIpc) is 2.45. The van der Waals surface area contributed by atoms with Gasteiger partial charge in [0.15, 0.2) is 0 Å². The SMILES string of the molecule is Cc1cccc(CC(=O)NCC(O)c2ccccc2Cl)c1. The zero-order chi connectivity index (χ0) is 15.2. The van der Waals surface area contributed by atoms with Crippen LogP contribution in [-0.2, 0) is 11.2 Å². The van der Waals surface area contributed by atoms with Gasteiger partial charge in [-0.1, -0.05) is 59.6 Å². The second-order valence-corrected chi connectivity index (χ2v) is 5.41. The highest BCUT2D eigenvalue weighted by atomic mass is 35.5. The number of rotatable bonds is 5. The minimum absolute atomic E-state index is 0.119. The van der Waals surface area contributed by atoms with Gasteiger partial charge in [-0.25, -0.2) is 0 Å². The van der Waals surface area contributed by atoms with Crippen LogP contribution in [0.3, 0.4) is 0 Å². The van der Waals surface area contributed by atoms with Gasteiger partial charge < -0.3 is 10.4 Å². The van der Waals surface area contributed by atoms with Gasteiger partial charge in [-0.05, 0) is 18.6 Å². The second kappa shape index (κ2) is 7.25. The van der Waals surface area contributed by atoms with E-state index in [1.807, 2.05) is 31.2 Å². The van der Waals surface area contributed by atoms with Crippen molar-refractivity contribution in [2.45, 2.75) is 19.4 Å². The summed E-state index contributed by atoms with van der Waals surface area (Å²) in [6.45, 7) is 2.14. The van der Waals surface area contributed by atoms with Crippen LogP contribution in [-0.4, -0.2) is 17.6 Å². The van der Waals surface area contributed by atoms with E-state index in [0.29, 0.717) is 17.0 Å². The molecule has 0 saturated heterocycles. The van der Waals surface area contributed by atoms with Gasteiger partial charge in [-0.15, -0.1) is 0 Å². The van der Waals surface area contributed by atoms with Crippen LogP contribution in [0.15, 0.2) is 48.5 Å². The first-order valence-corrected chi connectivity index (χ1v) is 7.19. The summed E-state index contributed by atoms with van der Waals surface area (Å²) < 4.78 is 0. The number of benzene rings is 2. The number of aliphatic hydroxyl groups is 1. The quantitative estimate of drug-likeness (QED) is 0.892. The molecule has 2 N–H and O–H groups in total. The molecule has 1 unspecified atom stereocenters. The standard InChI is InChI=1S/C17H18ClNO2/c1-12-5-4-6-13(9-12)10-17(21)19-11-16(20)14-7-2-3-8-15(14)18/h2-9,16,20H,10-11H2,1H3,(H,19,21). The van der Waals surface area contributed by atoms with Gasteiger partial charge >= 0.3 is 0 Å². The fourth-order valence-electron chi connectivity index (χ4n) is 2.14. The van der Waals surface area contributed by atoms with Crippen LogP contribution in [0.5, 0.6) is 0 Å². The van der Waals surface area contributed by atoms with Crippen LogP contribution in [0.1, 0.15) is 22.8 Å². The summed E-state index contributed by atoms with van der Waals surface area (Å²) in [6, 6.07) is 14.9. The van der Waals surface area contributed by atoms with Crippen molar-refractivity contribution in [2.24, 2.45) is 0 Å². The van der Waals surface area contributed by atoms with Crippen LogP contribution in [0.25, 0.3) is 0 Å². The Labute approximate surface area is 129 Å². The Morgan fingerprint density at radius 3 is 2.71 bits per heavy atom. The molecule has 2 rings (SSSR count). The maximum atomic E-state index is 11.9. The summed E-state index contributed by atoms with van der Waals surface area (Å²) in [5.41, 5.74) is 2.70. The number of carbonyl (C=O) groups excluding carboxylic acids is 1. The number of hydrogen-bond acceptors (Lipinski definition) is 2. The van der Waals surface area contributed by atoms with Crippen molar-refractivity contribution in [3.63, 3.8) is 0 Å². The van der Waals surface area contributed by atoms with Gasteiger partial charge in [0.25, 0.3) is 0 Å². The molecule has 0 bridgehead atoms. The predicted octanol–water partition coefficient (Wildman–Crippen LogP) is 3.04. The van der Waals surface area contributed by atoms with E-state index in [-0.39, 0.29) is 12.5 Å². The Balaban J connectivity index is 1.88. The Kier molecular flexibility index (Phi) is 5.37. The molecule has 1 amide bonds. The van der Waals surface area contributed by atoms with E-state index in [4.69, 9.17) is 11.6 Å². The van der Waals surface area contributed by atoms with E-state index in [1.54, 1.807) is 24.3 Å². The molecule has 21 heavy (non-hydrogen) atoms. The zero-order valence-electron chi connectivity index (χ0n) is 11.8. The largest absolute Gasteiger partial charge is 0.387 e. The average molecular weight is 304 g/mol. The van der Waals surface area contributed by atoms with Crippen molar-refractivity contribution >= 4 is 17.5 Å². The third kappa shape index (κ3) is 4.59. The van der Waals surface area contributed by atoms with Gasteiger partial charge in [0, 0.05) is 17.1 Å². The molecule has 110 valence electrons. The van der Waals surface area contributed by atoms with Crippen LogP contribution in [0.4, 0.5) is 0 Å². The van der Waals surface area contributed by atoms with Gasteiger partial charge in [0.2, 0.25) is 5.91 Å². The third-order valence-corrected chi connectivity index (χ3v) is 3.55. The molecule has 0 aliphatic rings. The lowest BCUT2D eigenvalue weighted by Gasteiger charge is -2.13. The summed E-state index contributed by atoms with van der Waals surface area (Å²) in [4.78, 5) is 11.9. The predicted molar refractivity (Wildman–Crippen MR) is 84.3 cm³/mol.